The number of aromatic nitrogens is 1. The van der Waals surface area contributed by atoms with Gasteiger partial charge in [-0.3, -0.25) is 4.98 Å². The predicted octanol–water partition coefficient (Wildman–Crippen LogP) is 2.52. The minimum atomic E-state index is -0.0999. The van der Waals surface area contributed by atoms with Crippen LogP contribution >= 0.6 is 0 Å². The molecular weight excluding hydrogens is 228 g/mol. The van der Waals surface area contributed by atoms with Gasteiger partial charge in [0, 0.05) is 44.6 Å². The van der Waals surface area contributed by atoms with E-state index in [1.165, 1.54) is 5.56 Å². The zero-order chi connectivity index (χ0) is 13.2. The number of rotatable bonds is 9. The Balaban J connectivity index is 2.27. The molecule has 18 heavy (non-hydrogen) atoms. The standard InChI is InChI=1S/C14H24N2O2/c1-4-17-14(18-5-2)8-11-16-12(3)13-6-9-15-10-7-13/h6-7,9-10,12,14,16H,4-5,8,11H2,1-3H3/t12-/m1/s1. The van der Waals surface area contributed by atoms with Crippen molar-refractivity contribution in [3.05, 3.63) is 30.1 Å². The van der Waals surface area contributed by atoms with E-state index in [2.05, 4.69) is 17.2 Å². The lowest BCUT2D eigenvalue weighted by atomic mass is 10.1. The zero-order valence-electron chi connectivity index (χ0n) is 11.6. The fourth-order valence-corrected chi connectivity index (χ4v) is 1.77. The number of hydrogen-bond acceptors (Lipinski definition) is 4. The summed E-state index contributed by atoms with van der Waals surface area (Å²) in [7, 11) is 0. The Morgan fingerprint density at radius 3 is 2.33 bits per heavy atom. The number of nitrogens with zero attached hydrogens (tertiary/aromatic N) is 1. The molecule has 0 radical (unpaired) electrons. The third-order valence-corrected chi connectivity index (χ3v) is 2.74. The van der Waals surface area contributed by atoms with E-state index in [4.69, 9.17) is 9.47 Å². The van der Waals surface area contributed by atoms with Crippen molar-refractivity contribution in [1.29, 1.82) is 0 Å². The van der Waals surface area contributed by atoms with Crippen molar-refractivity contribution >= 4 is 0 Å². The minimum absolute atomic E-state index is 0.0999. The maximum atomic E-state index is 5.50. The van der Waals surface area contributed by atoms with E-state index in [0.717, 1.165) is 13.0 Å². The van der Waals surface area contributed by atoms with Crippen LogP contribution in [0.1, 0.15) is 38.8 Å². The van der Waals surface area contributed by atoms with Crippen LogP contribution in [0.2, 0.25) is 0 Å². The summed E-state index contributed by atoms with van der Waals surface area (Å²) >= 11 is 0. The molecule has 0 aromatic carbocycles. The van der Waals surface area contributed by atoms with E-state index in [1.54, 1.807) is 0 Å². The second-order valence-electron chi connectivity index (χ2n) is 4.09. The summed E-state index contributed by atoms with van der Waals surface area (Å²) in [5.74, 6) is 0. The molecule has 0 aliphatic carbocycles. The first-order chi connectivity index (χ1) is 8.77. The first kappa shape index (κ1) is 15.1. The van der Waals surface area contributed by atoms with Gasteiger partial charge in [-0.05, 0) is 38.5 Å². The minimum Gasteiger partial charge on any atom is -0.353 e. The van der Waals surface area contributed by atoms with Gasteiger partial charge in [0.2, 0.25) is 0 Å². The van der Waals surface area contributed by atoms with Crippen molar-refractivity contribution in [3.63, 3.8) is 0 Å². The van der Waals surface area contributed by atoms with E-state index in [0.29, 0.717) is 19.3 Å². The van der Waals surface area contributed by atoms with Crippen LogP contribution in [0.15, 0.2) is 24.5 Å². The van der Waals surface area contributed by atoms with Crippen LogP contribution in [0.5, 0.6) is 0 Å². The highest BCUT2D eigenvalue weighted by molar-refractivity contribution is 5.13. The highest BCUT2D eigenvalue weighted by Gasteiger charge is 2.09. The Hall–Kier alpha value is -0.970. The molecule has 1 heterocycles. The van der Waals surface area contributed by atoms with Crippen LogP contribution in [0.25, 0.3) is 0 Å². The average molecular weight is 252 g/mol. The third-order valence-electron chi connectivity index (χ3n) is 2.74. The summed E-state index contributed by atoms with van der Waals surface area (Å²) in [6, 6.07) is 4.37. The van der Waals surface area contributed by atoms with Crippen molar-refractivity contribution < 1.29 is 9.47 Å². The van der Waals surface area contributed by atoms with Crippen molar-refractivity contribution in [2.75, 3.05) is 19.8 Å². The molecule has 0 bridgehead atoms. The second-order valence-corrected chi connectivity index (χ2v) is 4.09. The molecule has 0 unspecified atom stereocenters. The Labute approximate surface area is 110 Å². The lowest BCUT2D eigenvalue weighted by Crippen LogP contribution is -2.26. The summed E-state index contributed by atoms with van der Waals surface area (Å²) in [6.45, 7) is 8.35. The first-order valence-electron chi connectivity index (χ1n) is 6.64. The fourth-order valence-electron chi connectivity index (χ4n) is 1.77. The largest absolute Gasteiger partial charge is 0.353 e. The van der Waals surface area contributed by atoms with Gasteiger partial charge in [-0.25, -0.2) is 0 Å². The monoisotopic (exact) mass is 252 g/mol. The predicted molar refractivity (Wildman–Crippen MR) is 72.3 cm³/mol. The van der Waals surface area contributed by atoms with Crippen molar-refractivity contribution in [2.24, 2.45) is 0 Å². The molecule has 1 atom stereocenters. The molecule has 0 amide bonds. The van der Waals surface area contributed by atoms with Crippen LogP contribution in [0.4, 0.5) is 0 Å². The van der Waals surface area contributed by atoms with Gasteiger partial charge in [0.1, 0.15) is 0 Å². The van der Waals surface area contributed by atoms with Crippen LogP contribution in [0, 0.1) is 0 Å². The molecule has 1 N–H and O–H groups in total. The molecule has 4 nitrogen and oxygen atoms in total. The molecule has 0 spiro atoms. The van der Waals surface area contributed by atoms with Gasteiger partial charge in [-0.1, -0.05) is 0 Å². The van der Waals surface area contributed by atoms with Gasteiger partial charge in [0.05, 0.1) is 0 Å². The van der Waals surface area contributed by atoms with Crippen molar-refractivity contribution in [3.8, 4) is 0 Å². The molecule has 0 aliphatic heterocycles. The molecule has 1 aromatic rings. The van der Waals surface area contributed by atoms with Gasteiger partial charge in [0.15, 0.2) is 6.29 Å². The smallest absolute Gasteiger partial charge is 0.158 e. The number of ether oxygens (including phenoxy) is 2. The van der Waals surface area contributed by atoms with E-state index in [1.807, 2.05) is 38.4 Å². The molecule has 102 valence electrons. The van der Waals surface area contributed by atoms with Gasteiger partial charge in [-0.15, -0.1) is 0 Å². The number of pyridine rings is 1. The summed E-state index contributed by atoms with van der Waals surface area (Å²) in [6.07, 6.45) is 4.39. The highest BCUT2D eigenvalue weighted by Crippen LogP contribution is 2.10. The molecule has 0 fully saturated rings. The highest BCUT2D eigenvalue weighted by atomic mass is 16.7. The molecular formula is C14H24N2O2. The summed E-state index contributed by atoms with van der Waals surface area (Å²) in [5.41, 5.74) is 1.24. The SMILES string of the molecule is CCOC(CCN[C@H](C)c1ccncc1)OCC. The van der Waals surface area contributed by atoms with Crippen LogP contribution in [0.3, 0.4) is 0 Å². The normalized spacial score (nSPS) is 12.9. The second kappa shape index (κ2) is 9.03. The molecule has 1 rings (SSSR count). The molecule has 0 saturated carbocycles. The maximum absolute atomic E-state index is 5.50. The molecule has 0 aliphatic rings. The van der Waals surface area contributed by atoms with Gasteiger partial charge in [0.25, 0.3) is 0 Å². The zero-order valence-corrected chi connectivity index (χ0v) is 11.6. The van der Waals surface area contributed by atoms with Crippen molar-refractivity contribution in [2.45, 2.75) is 39.5 Å². The lowest BCUT2D eigenvalue weighted by Gasteiger charge is -2.19. The van der Waals surface area contributed by atoms with Crippen LogP contribution in [-0.4, -0.2) is 31.0 Å². The maximum Gasteiger partial charge on any atom is 0.158 e. The summed E-state index contributed by atoms with van der Waals surface area (Å²) in [5, 5.41) is 3.46. The fraction of sp³-hybridized carbons (Fsp3) is 0.643. The quantitative estimate of drug-likeness (QED) is 0.686. The van der Waals surface area contributed by atoms with E-state index in [-0.39, 0.29) is 6.29 Å². The molecule has 4 heteroatoms. The summed E-state index contributed by atoms with van der Waals surface area (Å²) < 4.78 is 11.0. The van der Waals surface area contributed by atoms with E-state index < -0.39 is 0 Å². The lowest BCUT2D eigenvalue weighted by molar-refractivity contribution is -0.138. The Kier molecular flexibility index (Phi) is 7.57. The van der Waals surface area contributed by atoms with Gasteiger partial charge in [-0.2, -0.15) is 0 Å². The molecule has 0 saturated heterocycles. The average Bonchev–Trinajstić information content (AvgIpc) is 2.40. The number of hydrogen-bond donors (Lipinski definition) is 1. The first-order valence-corrected chi connectivity index (χ1v) is 6.64. The number of nitrogens with one attached hydrogen (secondary N) is 1. The Morgan fingerprint density at radius 2 is 1.78 bits per heavy atom. The van der Waals surface area contributed by atoms with E-state index in [9.17, 15) is 0 Å². The third kappa shape index (κ3) is 5.58. The Morgan fingerprint density at radius 1 is 1.17 bits per heavy atom. The van der Waals surface area contributed by atoms with Crippen molar-refractivity contribution in [1.82, 2.24) is 10.3 Å². The van der Waals surface area contributed by atoms with Crippen LogP contribution in [-0.2, 0) is 9.47 Å². The van der Waals surface area contributed by atoms with Crippen LogP contribution < -0.4 is 5.32 Å². The topological polar surface area (TPSA) is 43.4 Å². The summed E-state index contributed by atoms with van der Waals surface area (Å²) in [4.78, 5) is 4.02. The van der Waals surface area contributed by atoms with Gasteiger partial charge < -0.3 is 14.8 Å². The van der Waals surface area contributed by atoms with E-state index >= 15 is 0 Å². The van der Waals surface area contributed by atoms with Gasteiger partial charge >= 0.3 is 0 Å². The molecule has 1 aromatic heterocycles. The Bertz CT molecular complexity index is 300.